The summed E-state index contributed by atoms with van der Waals surface area (Å²) < 4.78 is 0. The van der Waals surface area contributed by atoms with Gasteiger partial charge in [0.25, 0.3) is 0 Å². The molecule has 5 heteroatoms. The molecule has 0 aliphatic rings. The third kappa shape index (κ3) is 10.4. The second-order valence-electron chi connectivity index (χ2n) is 17.7. The molecule has 0 unspecified atom stereocenters. The van der Waals surface area contributed by atoms with Crippen LogP contribution >= 0.6 is 0 Å². The van der Waals surface area contributed by atoms with Gasteiger partial charge in [-0.2, -0.15) is 0 Å². The van der Waals surface area contributed by atoms with Crippen molar-refractivity contribution in [3.8, 4) is 22.5 Å². The zero-order valence-electron chi connectivity index (χ0n) is 39.2. The number of nitrogens with zero attached hydrogens (tertiary/aromatic N) is 2. The molecule has 2 aromatic heterocycles. The fraction of sp³-hybridized carbons (Fsp3) is 0.207. The molecule has 0 aliphatic carbocycles. The second-order valence-corrected chi connectivity index (χ2v) is 17.7. The number of benzene rings is 6. The van der Waals surface area contributed by atoms with Crippen molar-refractivity contribution in [2.45, 2.75) is 83.1 Å². The third-order valence-corrected chi connectivity index (χ3v) is 12.4. The first-order valence-corrected chi connectivity index (χ1v) is 22.0. The van der Waals surface area contributed by atoms with Gasteiger partial charge in [0, 0.05) is 38.1 Å². The van der Waals surface area contributed by atoms with E-state index in [-0.39, 0.29) is 33.5 Å². The van der Waals surface area contributed by atoms with Crippen LogP contribution in [0.25, 0.3) is 22.5 Å². The Kier molecular flexibility index (Phi) is 15.1. The maximum absolute atomic E-state index is 4.84. The van der Waals surface area contributed by atoms with Gasteiger partial charge in [0.15, 0.2) is 0 Å². The van der Waals surface area contributed by atoms with Gasteiger partial charge in [-0.05, 0) is 101 Å². The van der Waals surface area contributed by atoms with Gasteiger partial charge in [-0.25, -0.2) is 0 Å². The number of aromatic nitrogens is 2. The van der Waals surface area contributed by atoms with E-state index < -0.39 is 0 Å². The van der Waals surface area contributed by atoms with Gasteiger partial charge in [-0.3, -0.25) is 4.98 Å². The van der Waals surface area contributed by atoms with Crippen LogP contribution in [0.1, 0.15) is 66.8 Å². The molecule has 0 bridgehead atoms. The zero-order chi connectivity index (χ0) is 44.2. The van der Waals surface area contributed by atoms with E-state index in [2.05, 4.69) is 197 Å². The van der Waals surface area contributed by atoms with Gasteiger partial charge >= 0.3 is 0 Å². The summed E-state index contributed by atoms with van der Waals surface area (Å²) >= 11 is 0. The molecule has 317 valence electrons. The van der Waals surface area contributed by atoms with Crippen LogP contribution in [0.4, 0.5) is 0 Å². The van der Waals surface area contributed by atoms with E-state index in [0.717, 1.165) is 22.5 Å². The Morgan fingerprint density at radius 2 is 0.778 bits per heavy atom. The van der Waals surface area contributed by atoms with Crippen molar-refractivity contribution in [1.82, 2.24) is 9.97 Å². The summed E-state index contributed by atoms with van der Waals surface area (Å²) in [6.45, 7) is 27.0. The summed E-state index contributed by atoms with van der Waals surface area (Å²) in [6, 6.07) is 49.2. The maximum atomic E-state index is 4.84. The average Bonchev–Trinajstić information content (AvgIpc) is 3.22. The van der Waals surface area contributed by atoms with Crippen molar-refractivity contribution in [2.75, 3.05) is 0 Å². The van der Waals surface area contributed by atoms with Gasteiger partial charge < -0.3 is 4.98 Å². The largest absolute Gasteiger partial charge is 0.305 e. The minimum absolute atomic E-state index is 0. The fourth-order valence-corrected chi connectivity index (χ4v) is 10.2. The molecule has 8 rings (SSSR count). The normalized spacial score (nSPS) is 10.7. The quantitative estimate of drug-likeness (QED) is 0.112. The molecule has 0 amide bonds. The molecular formula is C58H59B2IrN2-. The van der Waals surface area contributed by atoms with Gasteiger partial charge in [0.05, 0.1) is 5.69 Å². The number of pyridine rings is 2. The van der Waals surface area contributed by atoms with Gasteiger partial charge in [-0.15, -0.1) is 35.9 Å². The molecule has 0 aliphatic heterocycles. The fourth-order valence-electron chi connectivity index (χ4n) is 10.2. The van der Waals surface area contributed by atoms with E-state index in [1.165, 1.54) is 99.5 Å². The van der Waals surface area contributed by atoms with Crippen molar-refractivity contribution in [3.05, 3.63) is 213 Å². The summed E-state index contributed by atoms with van der Waals surface area (Å²) in [6.07, 6.45) is 3.91. The summed E-state index contributed by atoms with van der Waals surface area (Å²) in [7, 11) is 0. The minimum Gasteiger partial charge on any atom is -0.305 e. The predicted molar refractivity (Wildman–Crippen MR) is 270 cm³/mol. The van der Waals surface area contributed by atoms with E-state index >= 15 is 0 Å². The van der Waals surface area contributed by atoms with Gasteiger partial charge in [-0.1, -0.05) is 191 Å². The Labute approximate surface area is 392 Å². The Morgan fingerprint density at radius 3 is 1.13 bits per heavy atom. The Morgan fingerprint density at radius 1 is 0.381 bits per heavy atom. The van der Waals surface area contributed by atoms with Crippen molar-refractivity contribution in [2.24, 2.45) is 0 Å². The first kappa shape index (κ1) is 46.9. The second kappa shape index (κ2) is 20.3. The van der Waals surface area contributed by atoms with Crippen molar-refractivity contribution in [1.29, 1.82) is 0 Å². The van der Waals surface area contributed by atoms with E-state index in [1.807, 2.05) is 36.5 Å². The predicted octanol–water partition coefficient (Wildman–Crippen LogP) is 10.0. The van der Waals surface area contributed by atoms with Crippen LogP contribution in [-0.2, 0) is 20.1 Å². The Balaban J connectivity index is 0.000000206. The first-order valence-electron chi connectivity index (χ1n) is 22.0. The standard InChI is InChI=1S/C29H30BN.C29H29BN.Ir/c1-19-15-21(3)28(22(4)16-19)30(29-23(5)17-20(2)18-24(29)6)26-12-10-25(11-13-26)27-9-7-8-14-31-27;1-19-14-21(3)28(22(4)15-19)30(29-23(5)16-20(2)17-24(29)6)26-12-13-27(31-18-26)25-10-8-7-9-11-25;/h7-18H,1-6H3;7-10,12-18H,1-6H3;/q;-1;. The van der Waals surface area contributed by atoms with E-state index in [0.29, 0.717) is 0 Å². The summed E-state index contributed by atoms with van der Waals surface area (Å²) in [5.41, 5.74) is 28.3. The number of aryl methyl sites for hydroxylation is 12. The molecule has 6 aromatic carbocycles. The van der Waals surface area contributed by atoms with Crippen LogP contribution in [0.15, 0.2) is 140 Å². The molecule has 0 spiro atoms. The summed E-state index contributed by atoms with van der Waals surface area (Å²) in [5, 5.41) is 0. The molecule has 0 N–H and O–H groups in total. The summed E-state index contributed by atoms with van der Waals surface area (Å²) in [5.74, 6) is 0. The molecule has 0 fully saturated rings. The number of rotatable bonds is 8. The van der Waals surface area contributed by atoms with Crippen LogP contribution in [-0.4, -0.2) is 23.4 Å². The average molecular weight is 998 g/mol. The molecule has 63 heavy (non-hydrogen) atoms. The molecule has 0 saturated carbocycles. The number of hydrogen-bond donors (Lipinski definition) is 0. The minimum atomic E-state index is 0. The van der Waals surface area contributed by atoms with E-state index in [1.54, 1.807) is 0 Å². The van der Waals surface area contributed by atoms with Crippen LogP contribution in [0.3, 0.4) is 0 Å². The van der Waals surface area contributed by atoms with Crippen molar-refractivity contribution >= 4 is 46.2 Å². The van der Waals surface area contributed by atoms with Crippen LogP contribution in [0.2, 0.25) is 0 Å². The smallest absolute Gasteiger partial charge is 0.244 e. The van der Waals surface area contributed by atoms with Crippen molar-refractivity contribution in [3.63, 3.8) is 0 Å². The van der Waals surface area contributed by atoms with Gasteiger partial charge in [0.2, 0.25) is 13.4 Å². The first-order chi connectivity index (χ1) is 29.7. The zero-order valence-corrected chi connectivity index (χ0v) is 41.6. The molecule has 0 saturated heterocycles. The third-order valence-electron chi connectivity index (χ3n) is 12.4. The van der Waals surface area contributed by atoms with Crippen LogP contribution in [0.5, 0.6) is 0 Å². The molecular weight excluding hydrogens is 938 g/mol. The SMILES string of the molecule is Cc1cc(C)c(B(c2ccc(-c3[c-]cccc3)nc2)c2c(C)cc(C)cc2C)c(C)c1.Cc1cc(C)c(B(c2ccc(-c3ccccn3)cc2)c2c(C)cc(C)cc2C)c(C)c1.[Ir]. The number of hydrogen-bond acceptors (Lipinski definition) is 2. The van der Waals surface area contributed by atoms with Crippen LogP contribution in [0, 0.1) is 89.2 Å². The van der Waals surface area contributed by atoms with Crippen LogP contribution < -0.4 is 32.8 Å². The topological polar surface area (TPSA) is 25.8 Å². The molecule has 1 radical (unpaired) electrons. The molecule has 8 aromatic rings. The maximum Gasteiger partial charge on any atom is 0.244 e. The van der Waals surface area contributed by atoms with E-state index in [9.17, 15) is 0 Å². The monoisotopic (exact) mass is 998 g/mol. The summed E-state index contributed by atoms with van der Waals surface area (Å²) in [4.78, 5) is 9.36. The Bertz CT molecular complexity index is 2450. The van der Waals surface area contributed by atoms with Gasteiger partial charge in [0.1, 0.15) is 0 Å². The van der Waals surface area contributed by atoms with Crippen molar-refractivity contribution < 1.29 is 20.1 Å². The molecule has 2 heterocycles. The molecule has 0 atom stereocenters. The molecule has 2 nitrogen and oxygen atoms in total. The Hall–Kier alpha value is -5.60. The van der Waals surface area contributed by atoms with E-state index in [4.69, 9.17) is 4.98 Å².